The van der Waals surface area contributed by atoms with Gasteiger partial charge in [-0.25, -0.2) is 9.97 Å². The van der Waals surface area contributed by atoms with Gasteiger partial charge in [-0.15, -0.1) is 0 Å². The molecule has 1 saturated carbocycles. The number of aromatic nitrogens is 2. The van der Waals surface area contributed by atoms with Crippen LogP contribution in [0.5, 0.6) is 0 Å². The first kappa shape index (κ1) is 13.3. The van der Waals surface area contributed by atoms with Crippen LogP contribution in [-0.4, -0.2) is 23.1 Å². The Morgan fingerprint density at radius 1 is 1.44 bits per heavy atom. The monoisotopic (exact) mass is 248 g/mol. The van der Waals surface area contributed by atoms with Crippen LogP contribution in [0, 0.1) is 11.3 Å². The molecule has 0 aliphatic heterocycles. The maximum Gasteiger partial charge on any atom is 0.131 e. The zero-order valence-corrected chi connectivity index (χ0v) is 11.4. The second kappa shape index (κ2) is 5.65. The third-order valence-electron chi connectivity index (χ3n) is 4.01. The lowest BCUT2D eigenvalue weighted by Gasteiger charge is -2.40. The molecule has 0 spiro atoms. The zero-order valence-electron chi connectivity index (χ0n) is 11.4. The minimum Gasteiger partial charge on any atom is -0.369 e. The molecule has 0 amide bonds. The van der Waals surface area contributed by atoms with E-state index in [4.69, 9.17) is 5.73 Å². The van der Waals surface area contributed by atoms with Gasteiger partial charge in [-0.2, -0.15) is 0 Å². The maximum absolute atomic E-state index is 5.52. The van der Waals surface area contributed by atoms with E-state index in [1.54, 1.807) is 6.20 Å². The van der Waals surface area contributed by atoms with Crippen molar-refractivity contribution in [3.8, 4) is 0 Å². The number of rotatable bonds is 6. The van der Waals surface area contributed by atoms with Crippen molar-refractivity contribution >= 4 is 5.82 Å². The van der Waals surface area contributed by atoms with Gasteiger partial charge in [0.25, 0.3) is 0 Å². The number of anilines is 1. The first-order valence-electron chi connectivity index (χ1n) is 6.88. The summed E-state index contributed by atoms with van der Waals surface area (Å²) in [5, 5.41) is 3.44. The molecule has 3 N–H and O–H groups in total. The first-order chi connectivity index (χ1) is 8.62. The highest BCUT2D eigenvalue weighted by Crippen LogP contribution is 2.41. The van der Waals surface area contributed by atoms with Gasteiger partial charge in [0, 0.05) is 19.2 Å². The molecule has 1 heterocycles. The summed E-state index contributed by atoms with van der Waals surface area (Å²) in [5.41, 5.74) is 5.86. The van der Waals surface area contributed by atoms with E-state index in [0.717, 1.165) is 30.5 Å². The van der Waals surface area contributed by atoms with Crippen LogP contribution < -0.4 is 11.1 Å². The Balaban J connectivity index is 1.90. The molecule has 1 aliphatic rings. The van der Waals surface area contributed by atoms with Crippen LogP contribution in [0.1, 0.15) is 38.9 Å². The third kappa shape index (κ3) is 3.19. The molecular weight excluding hydrogens is 224 g/mol. The fourth-order valence-corrected chi connectivity index (χ4v) is 2.40. The van der Waals surface area contributed by atoms with E-state index in [9.17, 15) is 0 Å². The van der Waals surface area contributed by atoms with E-state index in [2.05, 4.69) is 29.1 Å². The van der Waals surface area contributed by atoms with Crippen molar-refractivity contribution in [1.82, 2.24) is 9.97 Å². The van der Waals surface area contributed by atoms with Gasteiger partial charge >= 0.3 is 0 Å². The molecule has 0 unspecified atom stereocenters. The normalized spacial score (nSPS) is 16.4. The largest absolute Gasteiger partial charge is 0.369 e. The second-order valence-electron chi connectivity index (χ2n) is 5.87. The Labute approximate surface area is 109 Å². The number of hydrogen-bond acceptors (Lipinski definition) is 4. The molecule has 0 saturated heterocycles. The van der Waals surface area contributed by atoms with Crippen LogP contribution in [0.3, 0.4) is 0 Å². The van der Waals surface area contributed by atoms with Crippen molar-refractivity contribution in [2.24, 2.45) is 17.1 Å². The molecule has 4 nitrogen and oxygen atoms in total. The lowest BCUT2D eigenvalue weighted by molar-refractivity contribution is 0.134. The lowest BCUT2D eigenvalue weighted by Crippen LogP contribution is -2.35. The molecule has 0 bridgehead atoms. The predicted octanol–water partition coefficient (Wildman–Crippen LogP) is 2.22. The number of nitrogens with one attached hydrogen (secondary N) is 1. The molecule has 100 valence electrons. The van der Waals surface area contributed by atoms with Gasteiger partial charge in [0.1, 0.15) is 11.6 Å². The molecule has 2 rings (SSSR count). The molecule has 18 heavy (non-hydrogen) atoms. The smallest absolute Gasteiger partial charge is 0.131 e. The van der Waals surface area contributed by atoms with Crippen LogP contribution in [0.15, 0.2) is 12.3 Å². The summed E-state index contributed by atoms with van der Waals surface area (Å²) in [5.74, 6) is 2.60. The van der Waals surface area contributed by atoms with E-state index < -0.39 is 0 Å². The first-order valence-corrected chi connectivity index (χ1v) is 6.88. The Bertz CT molecular complexity index is 385. The van der Waals surface area contributed by atoms with Crippen LogP contribution in [0.25, 0.3) is 0 Å². The minimum atomic E-state index is 0.344. The fourth-order valence-electron chi connectivity index (χ4n) is 2.40. The predicted molar refractivity (Wildman–Crippen MR) is 74.4 cm³/mol. The summed E-state index contributed by atoms with van der Waals surface area (Å²) < 4.78 is 0. The van der Waals surface area contributed by atoms with E-state index in [1.807, 2.05) is 6.07 Å². The van der Waals surface area contributed by atoms with Crippen molar-refractivity contribution in [3.63, 3.8) is 0 Å². The molecule has 0 radical (unpaired) electrons. The fraction of sp³-hybridized carbons (Fsp3) is 0.714. The highest BCUT2D eigenvalue weighted by molar-refractivity contribution is 5.33. The Morgan fingerprint density at radius 3 is 2.83 bits per heavy atom. The van der Waals surface area contributed by atoms with E-state index in [-0.39, 0.29) is 0 Å². The summed E-state index contributed by atoms with van der Waals surface area (Å²) in [6.45, 7) is 6.24. The molecule has 1 aromatic rings. The number of hydrogen-bond donors (Lipinski definition) is 2. The average molecular weight is 248 g/mol. The van der Waals surface area contributed by atoms with E-state index in [0.29, 0.717) is 12.0 Å². The molecule has 1 aromatic heterocycles. The average Bonchev–Trinajstić information content (AvgIpc) is 2.25. The van der Waals surface area contributed by atoms with Crippen molar-refractivity contribution in [2.75, 3.05) is 18.4 Å². The quantitative estimate of drug-likeness (QED) is 0.810. The molecule has 0 atom stereocenters. The Morgan fingerprint density at radius 2 is 2.22 bits per heavy atom. The van der Waals surface area contributed by atoms with Gasteiger partial charge in [0.2, 0.25) is 0 Å². The molecule has 1 fully saturated rings. The zero-order chi connectivity index (χ0) is 13.0. The van der Waals surface area contributed by atoms with Crippen molar-refractivity contribution in [2.45, 2.75) is 39.5 Å². The summed E-state index contributed by atoms with van der Waals surface area (Å²) in [6.07, 6.45) is 6.67. The van der Waals surface area contributed by atoms with Gasteiger partial charge < -0.3 is 11.1 Å². The van der Waals surface area contributed by atoms with Gasteiger partial charge in [-0.05, 0) is 36.8 Å². The van der Waals surface area contributed by atoms with E-state index in [1.165, 1.54) is 19.3 Å². The summed E-state index contributed by atoms with van der Waals surface area (Å²) in [6, 6.07) is 1.93. The third-order valence-corrected chi connectivity index (χ3v) is 4.01. The van der Waals surface area contributed by atoms with Gasteiger partial charge in [0.05, 0.1) is 0 Å². The van der Waals surface area contributed by atoms with Gasteiger partial charge in [-0.3, -0.25) is 0 Å². The summed E-state index contributed by atoms with van der Waals surface area (Å²) in [4.78, 5) is 8.67. The lowest BCUT2D eigenvalue weighted by atomic mass is 9.67. The number of nitrogens with zero attached hydrogens (tertiary/aromatic N) is 2. The topological polar surface area (TPSA) is 63.8 Å². The molecular formula is C14H24N4. The van der Waals surface area contributed by atoms with Crippen LogP contribution >= 0.6 is 0 Å². The highest BCUT2D eigenvalue weighted by atomic mass is 15.0. The minimum absolute atomic E-state index is 0.344. The Hall–Kier alpha value is -1.16. The molecule has 1 aliphatic carbocycles. The maximum atomic E-state index is 5.52. The van der Waals surface area contributed by atoms with Crippen molar-refractivity contribution in [1.29, 1.82) is 0 Å². The standard InChI is InChI=1S/C14H24N4/c1-14(2,11-4-3-5-11)10-17-13-7-9-16-12(18-13)6-8-15/h7,9,11H,3-6,8,10,15H2,1-2H3,(H,16,17,18). The molecule has 4 heteroatoms. The van der Waals surface area contributed by atoms with Crippen molar-refractivity contribution < 1.29 is 0 Å². The molecule has 0 aromatic carbocycles. The summed E-state index contributed by atoms with van der Waals surface area (Å²) in [7, 11) is 0. The Kier molecular flexibility index (Phi) is 4.17. The van der Waals surface area contributed by atoms with Crippen LogP contribution in [0.2, 0.25) is 0 Å². The van der Waals surface area contributed by atoms with Crippen LogP contribution in [0.4, 0.5) is 5.82 Å². The van der Waals surface area contributed by atoms with Gasteiger partial charge in [-0.1, -0.05) is 20.3 Å². The SMILES string of the molecule is CC(C)(CNc1ccnc(CCN)n1)C1CCC1. The van der Waals surface area contributed by atoms with E-state index >= 15 is 0 Å². The van der Waals surface area contributed by atoms with Crippen molar-refractivity contribution in [3.05, 3.63) is 18.1 Å². The number of nitrogens with two attached hydrogens (primary N) is 1. The highest BCUT2D eigenvalue weighted by Gasteiger charge is 2.33. The van der Waals surface area contributed by atoms with Crippen LogP contribution in [-0.2, 0) is 6.42 Å². The second-order valence-corrected chi connectivity index (χ2v) is 5.87. The van der Waals surface area contributed by atoms with Gasteiger partial charge in [0.15, 0.2) is 0 Å². The summed E-state index contributed by atoms with van der Waals surface area (Å²) >= 11 is 0.